The SMILES string of the molecule is Cc1occc1C1NCC1C1CC1. The van der Waals surface area contributed by atoms with E-state index in [2.05, 4.69) is 18.3 Å². The van der Waals surface area contributed by atoms with Crippen molar-refractivity contribution in [3.8, 4) is 0 Å². The predicted octanol–water partition coefficient (Wildman–Crippen LogP) is 2.26. The van der Waals surface area contributed by atoms with Gasteiger partial charge < -0.3 is 9.73 Å². The van der Waals surface area contributed by atoms with Crippen molar-refractivity contribution in [2.75, 3.05) is 6.54 Å². The van der Waals surface area contributed by atoms with Crippen molar-refractivity contribution in [2.24, 2.45) is 11.8 Å². The van der Waals surface area contributed by atoms with E-state index in [-0.39, 0.29) is 0 Å². The maximum Gasteiger partial charge on any atom is 0.105 e. The molecule has 2 heterocycles. The number of hydrogen-bond donors (Lipinski definition) is 1. The first-order chi connectivity index (χ1) is 6.36. The van der Waals surface area contributed by atoms with Crippen LogP contribution in [0.25, 0.3) is 0 Å². The Labute approximate surface area is 78.3 Å². The Morgan fingerprint density at radius 1 is 1.46 bits per heavy atom. The Bertz CT molecular complexity index is 314. The largest absolute Gasteiger partial charge is 0.469 e. The van der Waals surface area contributed by atoms with E-state index in [0.717, 1.165) is 17.6 Å². The van der Waals surface area contributed by atoms with Gasteiger partial charge in [-0.1, -0.05) is 0 Å². The summed E-state index contributed by atoms with van der Waals surface area (Å²) in [6, 6.07) is 2.70. The Kier molecular flexibility index (Phi) is 1.53. The molecule has 0 spiro atoms. The molecule has 13 heavy (non-hydrogen) atoms. The minimum atomic E-state index is 0.589. The van der Waals surface area contributed by atoms with E-state index in [1.165, 1.54) is 24.9 Å². The summed E-state index contributed by atoms with van der Waals surface area (Å²) in [6.07, 6.45) is 4.69. The third-order valence-corrected chi connectivity index (χ3v) is 3.46. The van der Waals surface area contributed by atoms with Gasteiger partial charge in [-0.15, -0.1) is 0 Å². The first-order valence-corrected chi connectivity index (χ1v) is 5.13. The molecule has 3 rings (SSSR count). The van der Waals surface area contributed by atoms with Crippen LogP contribution in [0.4, 0.5) is 0 Å². The van der Waals surface area contributed by atoms with Crippen molar-refractivity contribution < 1.29 is 4.42 Å². The highest BCUT2D eigenvalue weighted by Crippen LogP contribution is 2.47. The maximum atomic E-state index is 5.33. The van der Waals surface area contributed by atoms with Crippen LogP contribution < -0.4 is 5.32 Å². The van der Waals surface area contributed by atoms with Crippen molar-refractivity contribution in [3.63, 3.8) is 0 Å². The van der Waals surface area contributed by atoms with Gasteiger partial charge in [0.05, 0.1) is 6.26 Å². The second-order valence-electron chi connectivity index (χ2n) is 4.32. The zero-order valence-corrected chi connectivity index (χ0v) is 7.92. The van der Waals surface area contributed by atoms with Crippen molar-refractivity contribution in [2.45, 2.75) is 25.8 Å². The molecule has 1 aliphatic carbocycles. The topological polar surface area (TPSA) is 25.2 Å². The standard InChI is InChI=1S/C11H15NO/c1-7-9(4-5-13-7)11-10(6-12-11)8-2-3-8/h4-5,8,10-12H,2-3,6H2,1H3. The molecule has 0 aromatic carbocycles. The summed E-state index contributed by atoms with van der Waals surface area (Å²) < 4.78 is 5.33. The number of furan rings is 1. The molecule has 2 aliphatic rings. The quantitative estimate of drug-likeness (QED) is 0.749. The summed E-state index contributed by atoms with van der Waals surface area (Å²) in [5.41, 5.74) is 1.38. The van der Waals surface area contributed by atoms with Crippen LogP contribution in [0, 0.1) is 18.8 Å². The van der Waals surface area contributed by atoms with Gasteiger partial charge in [-0.25, -0.2) is 0 Å². The van der Waals surface area contributed by atoms with Gasteiger partial charge in [-0.3, -0.25) is 0 Å². The lowest BCUT2D eigenvalue weighted by Gasteiger charge is -2.38. The van der Waals surface area contributed by atoms with Gasteiger partial charge in [0.2, 0.25) is 0 Å². The van der Waals surface area contributed by atoms with Crippen molar-refractivity contribution in [1.29, 1.82) is 0 Å². The van der Waals surface area contributed by atoms with Crippen LogP contribution in [0.5, 0.6) is 0 Å². The molecule has 2 fully saturated rings. The lowest BCUT2D eigenvalue weighted by molar-refractivity contribution is 0.204. The van der Waals surface area contributed by atoms with Crippen LogP contribution in [-0.2, 0) is 0 Å². The van der Waals surface area contributed by atoms with Crippen molar-refractivity contribution >= 4 is 0 Å². The fourth-order valence-corrected chi connectivity index (χ4v) is 2.39. The fourth-order valence-electron chi connectivity index (χ4n) is 2.39. The van der Waals surface area contributed by atoms with E-state index < -0.39 is 0 Å². The highest BCUT2D eigenvalue weighted by Gasteiger charge is 2.43. The molecule has 1 aromatic heterocycles. The minimum Gasteiger partial charge on any atom is -0.469 e. The summed E-state index contributed by atoms with van der Waals surface area (Å²) in [6.45, 7) is 3.26. The van der Waals surface area contributed by atoms with Gasteiger partial charge in [-0.2, -0.15) is 0 Å². The van der Waals surface area contributed by atoms with Crippen LogP contribution in [0.2, 0.25) is 0 Å². The second kappa shape index (κ2) is 2.61. The molecule has 2 heteroatoms. The van der Waals surface area contributed by atoms with Gasteiger partial charge in [0.25, 0.3) is 0 Å². The molecule has 0 radical (unpaired) electrons. The Hall–Kier alpha value is -0.760. The fraction of sp³-hybridized carbons (Fsp3) is 0.636. The van der Waals surface area contributed by atoms with E-state index in [1.54, 1.807) is 6.26 Å². The van der Waals surface area contributed by atoms with Crippen LogP contribution in [0.15, 0.2) is 16.7 Å². The highest BCUT2D eigenvalue weighted by atomic mass is 16.3. The van der Waals surface area contributed by atoms with Crippen LogP contribution in [0.3, 0.4) is 0 Å². The van der Waals surface area contributed by atoms with Gasteiger partial charge in [0.1, 0.15) is 5.76 Å². The first-order valence-electron chi connectivity index (χ1n) is 5.13. The lowest BCUT2D eigenvalue weighted by atomic mass is 9.83. The molecule has 1 saturated heterocycles. The molecule has 0 bridgehead atoms. The van der Waals surface area contributed by atoms with Gasteiger partial charge in [0.15, 0.2) is 0 Å². The van der Waals surface area contributed by atoms with E-state index >= 15 is 0 Å². The van der Waals surface area contributed by atoms with E-state index in [0.29, 0.717) is 6.04 Å². The Morgan fingerprint density at radius 3 is 2.77 bits per heavy atom. The van der Waals surface area contributed by atoms with Crippen molar-refractivity contribution in [1.82, 2.24) is 5.32 Å². The van der Waals surface area contributed by atoms with E-state index in [1.807, 2.05) is 0 Å². The van der Waals surface area contributed by atoms with Gasteiger partial charge in [-0.05, 0) is 37.7 Å². The molecule has 2 nitrogen and oxygen atoms in total. The third-order valence-electron chi connectivity index (χ3n) is 3.46. The highest BCUT2D eigenvalue weighted by molar-refractivity contribution is 5.24. The predicted molar refractivity (Wildman–Crippen MR) is 50.4 cm³/mol. The summed E-state index contributed by atoms with van der Waals surface area (Å²) in [4.78, 5) is 0. The zero-order valence-electron chi connectivity index (χ0n) is 7.92. The normalized spacial score (nSPS) is 33.0. The second-order valence-corrected chi connectivity index (χ2v) is 4.32. The number of nitrogens with one attached hydrogen (secondary N) is 1. The number of hydrogen-bond acceptors (Lipinski definition) is 2. The minimum absolute atomic E-state index is 0.589. The van der Waals surface area contributed by atoms with Crippen LogP contribution >= 0.6 is 0 Å². The molecule has 2 atom stereocenters. The average molecular weight is 177 g/mol. The Morgan fingerprint density at radius 2 is 2.31 bits per heavy atom. The summed E-state index contributed by atoms with van der Waals surface area (Å²) in [7, 11) is 0. The Balaban J connectivity index is 1.81. The van der Waals surface area contributed by atoms with Crippen LogP contribution in [-0.4, -0.2) is 6.54 Å². The van der Waals surface area contributed by atoms with Crippen molar-refractivity contribution in [3.05, 3.63) is 23.7 Å². The van der Waals surface area contributed by atoms with E-state index in [4.69, 9.17) is 4.42 Å². The first kappa shape index (κ1) is 7.63. The lowest BCUT2D eigenvalue weighted by Crippen LogP contribution is -2.46. The molecule has 1 N–H and O–H groups in total. The number of aryl methyl sites for hydroxylation is 1. The summed E-state index contributed by atoms with van der Waals surface area (Å²) in [5, 5.41) is 3.50. The molecule has 2 unspecified atom stereocenters. The zero-order chi connectivity index (χ0) is 8.84. The molecule has 1 aliphatic heterocycles. The van der Waals surface area contributed by atoms with Crippen LogP contribution in [0.1, 0.15) is 30.2 Å². The molecule has 1 saturated carbocycles. The molecular formula is C11H15NO. The number of rotatable bonds is 2. The maximum absolute atomic E-state index is 5.33. The summed E-state index contributed by atoms with van der Waals surface area (Å²) >= 11 is 0. The molecule has 0 amide bonds. The molecule has 1 aromatic rings. The third kappa shape index (κ3) is 1.12. The van der Waals surface area contributed by atoms with E-state index in [9.17, 15) is 0 Å². The summed E-state index contributed by atoms with van der Waals surface area (Å²) in [5.74, 6) is 2.97. The van der Waals surface area contributed by atoms with Gasteiger partial charge in [0, 0.05) is 18.2 Å². The molecule has 70 valence electrons. The smallest absolute Gasteiger partial charge is 0.105 e. The molecular weight excluding hydrogens is 162 g/mol. The average Bonchev–Trinajstić information content (AvgIpc) is 2.77. The van der Waals surface area contributed by atoms with Gasteiger partial charge >= 0.3 is 0 Å². The monoisotopic (exact) mass is 177 g/mol.